The lowest BCUT2D eigenvalue weighted by atomic mass is 10.0. The number of nitrogens with zero attached hydrogens (tertiary/aromatic N) is 4. The molecule has 24 heavy (non-hydrogen) atoms. The number of halogens is 1. The molecule has 0 atom stereocenters. The predicted molar refractivity (Wildman–Crippen MR) is 110 cm³/mol. The molecule has 0 aliphatic heterocycles. The molecule has 0 aromatic carbocycles. The molecule has 2 saturated carbocycles. The van der Waals surface area contributed by atoms with Crippen molar-refractivity contribution in [2.75, 3.05) is 20.6 Å². The Morgan fingerprint density at radius 3 is 2.62 bits per heavy atom. The van der Waals surface area contributed by atoms with Crippen molar-refractivity contribution in [2.45, 2.75) is 52.0 Å². The fraction of sp³-hybridized carbons (Fsp3) is 0.778. The predicted octanol–water partition coefficient (Wildman–Crippen LogP) is 3.36. The van der Waals surface area contributed by atoms with Crippen molar-refractivity contribution in [3.63, 3.8) is 0 Å². The number of rotatable bonds is 6. The average Bonchev–Trinajstić information content (AvgIpc) is 3.38. The summed E-state index contributed by atoms with van der Waals surface area (Å²) >= 11 is 0. The maximum absolute atomic E-state index is 4.60. The second-order valence-corrected chi connectivity index (χ2v) is 7.76. The Kier molecular flexibility index (Phi) is 6.20. The van der Waals surface area contributed by atoms with Crippen LogP contribution in [-0.2, 0) is 13.6 Å². The van der Waals surface area contributed by atoms with Crippen molar-refractivity contribution in [1.29, 1.82) is 0 Å². The van der Waals surface area contributed by atoms with E-state index in [1.165, 1.54) is 36.9 Å². The van der Waals surface area contributed by atoms with Gasteiger partial charge in [-0.15, -0.1) is 24.0 Å². The van der Waals surface area contributed by atoms with Gasteiger partial charge in [0.15, 0.2) is 5.96 Å². The van der Waals surface area contributed by atoms with Gasteiger partial charge in [-0.3, -0.25) is 9.67 Å². The Morgan fingerprint density at radius 2 is 2.12 bits per heavy atom. The lowest BCUT2D eigenvalue weighted by molar-refractivity contribution is 0.409. The minimum atomic E-state index is 0. The zero-order chi connectivity index (χ0) is 16.6. The van der Waals surface area contributed by atoms with Gasteiger partial charge in [-0.2, -0.15) is 5.10 Å². The van der Waals surface area contributed by atoms with E-state index < -0.39 is 0 Å². The summed E-state index contributed by atoms with van der Waals surface area (Å²) in [6.45, 7) is 6.33. The molecule has 1 aromatic heterocycles. The number of hydrogen-bond donors (Lipinski definition) is 1. The van der Waals surface area contributed by atoms with Crippen molar-refractivity contribution < 1.29 is 0 Å². The fourth-order valence-corrected chi connectivity index (χ4v) is 3.72. The number of hydrogen-bond acceptors (Lipinski definition) is 2. The molecule has 0 radical (unpaired) electrons. The molecule has 0 unspecified atom stereocenters. The van der Waals surface area contributed by atoms with E-state index in [1.807, 2.05) is 18.8 Å². The Balaban J connectivity index is 0.00000208. The van der Waals surface area contributed by atoms with E-state index in [0.717, 1.165) is 25.0 Å². The van der Waals surface area contributed by atoms with E-state index in [4.69, 9.17) is 0 Å². The van der Waals surface area contributed by atoms with E-state index >= 15 is 0 Å². The molecule has 2 fully saturated rings. The average molecular weight is 445 g/mol. The molecular formula is C18H32IN5. The van der Waals surface area contributed by atoms with E-state index in [1.54, 1.807) is 0 Å². The van der Waals surface area contributed by atoms with Gasteiger partial charge in [0.1, 0.15) is 0 Å². The summed E-state index contributed by atoms with van der Waals surface area (Å²) in [4.78, 5) is 6.69. The molecular weight excluding hydrogens is 413 g/mol. The number of aromatic nitrogens is 2. The van der Waals surface area contributed by atoms with Gasteiger partial charge in [-0.1, -0.05) is 13.8 Å². The van der Waals surface area contributed by atoms with Crippen LogP contribution in [0.25, 0.3) is 0 Å². The van der Waals surface area contributed by atoms with Crippen molar-refractivity contribution in [2.24, 2.45) is 23.4 Å². The Hall–Kier alpha value is -0.790. The van der Waals surface area contributed by atoms with Crippen LogP contribution < -0.4 is 5.32 Å². The quantitative estimate of drug-likeness (QED) is 0.415. The number of nitrogens with one attached hydrogen (secondary N) is 1. The largest absolute Gasteiger partial charge is 0.356 e. The maximum atomic E-state index is 4.60. The van der Waals surface area contributed by atoms with Crippen molar-refractivity contribution in [3.05, 3.63) is 17.5 Å². The minimum absolute atomic E-state index is 0. The highest BCUT2D eigenvalue weighted by Crippen LogP contribution is 2.60. The van der Waals surface area contributed by atoms with Gasteiger partial charge in [0.2, 0.25) is 0 Å². The number of guanidine groups is 1. The zero-order valence-electron chi connectivity index (χ0n) is 15.7. The second kappa shape index (κ2) is 7.62. The van der Waals surface area contributed by atoms with Gasteiger partial charge in [0, 0.05) is 46.0 Å². The van der Waals surface area contributed by atoms with E-state index in [0.29, 0.717) is 11.3 Å². The SMILES string of the molecule is CN=C(NCC1(C2CC2)CC1)N(C)Cc1cn(C)nc1C(C)C.I. The highest BCUT2D eigenvalue weighted by Gasteiger charge is 2.53. The van der Waals surface area contributed by atoms with E-state index in [2.05, 4.69) is 47.4 Å². The van der Waals surface area contributed by atoms with Gasteiger partial charge in [-0.25, -0.2) is 0 Å². The van der Waals surface area contributed by atoms with Crippen LogP contribution in [0, 0.1) is 11.3 Å². The third kappa shape index (κ3) is 4.24. The van der Waals surface area contributed by atoms with Crippen LogP contribution in [0.15, 0.2) is 11.2 Å². The molecule has 1 aromatic rings. The molecule has 0 amide bonds. The molecule has 2 aliphatic rings. The Bertz CT molecular complexity index is 584. The highest BCUT2D eigenvalue weighted by atomic mass is 127. The zero-order valence-corrected chi connectivity index (χ0v) is 18.0. The van der Waals surface area contributed by atoms with Crippen LogP contribution in [0.2, 0.25) is 0 Å². The molecule has 0 bridgehead atoms. The Morgan fingerprint density at radius 1 is 1.46 bits per heavy atom. The molecule has 0 saturated heterocycles. The molecule has 1 heterocycles. The van der Waals surface area contributed by atoms with Crippen molar-refractivity contribution in [1.82, 2.24) is 20.0 Å². The van der Waals surface area contributed by atoms with Gasteiger partial charge in [0.25, 0.3) is 0 Å². The minimum Gasteiger partial charge on any atom is -0.356 e. The second-order valence-electron chi connectivity index (χ2n) is 7.76. The summed E-state index contributed by atoms with van der Waals surface area (Å²) in [7, 11) is 5.99. The summed E-state index contributed by atoms with van der Waals surface area (Å²) in [6, 6.07) is 0. The van der Waals surface area contributed by atoms with E-state index in [-0.39, 0.29) is 24.0 Å². The monoisotopic (exact) mass is 445 g/mol. The smallest absolute Gasteiger partial charge is 0.193 e. The summed E-state index contributed by atoms with van der Waals surface area (Å²) in [5, 5.41) is 8.22. The molecule has 3 rings (SSSR count). The van der Waals surface area contributed by atoms with Gasteiger partial charge in [0.05, 0.1) is 5.69 Å². The Labute approximate surface area is 163 Å². The first-order valence-electron chi connectivity index (χ1n) is 8.89. The fourth-order valence-electron chi connectivity index (χ4n) is 3.72. The molecule has 1 N–H and O–H groups in total. The van der Waals surface area contributed by atoms with E-state index in [9.17, 15) is 0 Å². The summed E-state index contributed by atoms with van der Waals surface area (Å²) in [6.07, 6.45) is 7.79. The van der Waals surface area contributed by atoms with Crippen molar-refractivity contribution in [3.8, 4) is 0 Å². The molecule has 6 heteroatoms. The standard InChI is InChI=1S/C18H31N5.HI/c1-13(2)16-14(11-23(5)21-16)10-22(4)17(19-3)20-12-18(8-9-18)15-6-7-15;/h11,13,15H,6-10,12H2,1-5H3,(H,19,20);1H. The number of aliphatic imine (C=N–C) groups is 1. The topological polar surface area (TPSA) is 45.5 Å². The first kappa shape index (κ1) is 19.5. The van der Waals surface area contributed by atoms with Crippen LogP contribution in [0.1, 0.15) is 56.7 Å². The molecule has 0 spiro atoms. The summed E-state index contributed by atoms with van der Waals surface area (Å²) in [5.74, 6) is 2.42. The first-order valence-corrected chi connectivity index (χ1v) is 8.89. The molecule has 5 nitrogen and oxygen atoms in total. The summed E-state index contributed by atoms with van der Waals surface area (Å²) in [5.41, 5.74) is 3.07. The van der Waals surface area contributed by atoms with Crippen LogP contribution in [0.5, 0.6) is 0 Å². The van der Waals surface area contributed by atoms with Crippen LogP contribution >= 0.6 is 24.0 Å². The summed E-state index contributed by atoms with van der Waals surface area (Å²) < 4.78 is 1.92. The van der Waals surface area contributed by atoms with Crippen molar-refractivity contribution >= 4 is 29.9 Å². The van der Waals surface area contributed by atoms with Crippen LogP contribution in [0.3, 0.4) is 0 Å². The molecule has 136 valence electrons. The normalized spacial score (nSPS) is 19.2. The van der Waals surface area contributed by atoms with Gasteiger partial charge in [-0.05, 0) is 42.9 Å². The lowest BCUT2D eigenvalue weighted by Crippen LogP contribution is -2.41. The third-order valence-electron chi connectivity index (χ3n) is 5.40. The van der Waals surface area contributed by atoms with Crippen LogP contribution in [-0.4, -0.2) is 41.3 Å². The molecule has 2 aliphatic carbocycles. The van der Waals surface area contributed by atoms with Gasteiger partial charge < -0.3 is 10.2 Å². The van der Waals surface area contributed by atoms with Gasteiger partial charge >= 0.3 is 0 Å². The third-order valence-corrected chi connectivity index (χ3v) is 5.40. The van der Waals surface area contributed by atoms with Crippen LogP contribution in [0.4, 0.5) is 0 Å². The highest BCUT2D eigenvalue weighted by molar-refractivity contribution is 14.0. The lowest BCUT2D eigenvalue weighted by Gasteiger charge is -2.24. The first-order chi connectivity index (χ1) is 10.9. The number of aryl methyl sites for hydroxylation is 1. The maximum Gasteiger partial charge on any atom is 0.193 e.